The summed E-state index contributed by atoms with van der Waals surface area (Å²) in [7, 11) is 0. The van der Waals surface area contributed by atoms with E-state index in [-0.39, 0.29) is 12.2 Å². The van der Waals surface area contributed by atoms with Gasteiger partial charge in [0.15, 0.2) is 0 Å². The molecular weight excluding hydrogens is 159 g/mol. The summed E-state index contributed by atoms with van der Waals surface area (Å²) in [6.45, 7) is 5.70. The molecule has 3 nitrogen and oxygen atoms in total. The van der Waals surface area contributed by atoms with E-state index in [1.807, 2.05) is 20.8 Å². The normalized spacial score (nSPS) is 24.1. The molecule has 12 heavy (non-hydrogen) atoms. The minimum Gasteiger partial charge on any atom is -0.352 e. The van der Waals surface area contributed by atoms with E-state index in [1.165, 1.54) is 6.20 Å². The zero-order valence-electron chi connectivity index (χ0n) is 7.47. The van der Waals surface area contributed by atoms with Gasteiger partial charge in [-0.3, -0.25) is 4.79 Å². The highest BCUT2D eigenvalue weighted by Gasteiger charge is 2.24. The van der Waals surface area contributed by atoms with Gasteiger partial charge >= 0.3 is 0 Å². The van der Waals surface area contributed by atoms with Crippen molar-refractivity contribution < 1.29 is 9.18 Å². The van der Waals surface area contributed by atoms with E-state index in [0.29, 0.717) is 0 Å². The standard InChI is InChI=1S/C8H13FN2O/c1-5(2)11-4-7(9)8(12)10-6(11)3/h4-6H,1-3H3,(H,10,12). The van der Waals surface area contributed by atoms with Crippen LogP contribution in [0.25, 0.3) is 0 Å². The lowest BCUT2D eigenvalue weighted by Crippen LogP contribution is -2.50. The van der Waals surface area contributed by atoms with Crippen molar-refractivity contribution in [3.05, 3.63) is 12.0 Å². The number of hydrogen-bond acceptors (Lipinski definition) is 2. The summed E-state index contributed by atoms with van der Waals surface area (Å²) in [4.78, 5) is 12.6. The Morgan fingerprint density at radius 2 is 2.25 bits per heavy atom. The molecule has 0 saturated carbocycles. The van der Waals surface area contributed by atoms with Crippen LogP contribution in [0, 0.1) is 0 Å². The topological polar surface area (TPSA) is 32.3 Å². The fourth-order valence-electron chi connectivity index (χ4n) is 1.23. The van der Waals surface area contributed by atoms with Crippen LogP contribution >= 0.6 is 0 Å². The van der Waals surface area contributed by atoms with Gasteiger partial charge in [0.05, 0.1) is 6.17 Å². The summed E-state index contributed by atoms with van der Waals surface area (Å²) < 4.78 is 12.8. The molecule has 0 aromatic heterocycles. The molecule has 1 rings (SSSR count). The number of amides is 1. The number of nitrogens with zero attached hydrogens (tertiary/aromatic N) is 1. The second-order valence-electron chi connectivity index (χ2n) is 3.17. The van der Waals surface area contributed by atoms with Gasteiger partial charge in [0.25, 0.3) is 5.91 Å². The van der Waals surface area contributed by atoms with Crippen LogP contribution < -0.4 is 5.32 Å². The number of carbonyl (C=O) groups excluding carboxylic acids is 1. The summed E-state index contributed by atoms with van der Waals surface area (Å²) >= 11 is 0. The highest BCUT2D eigenvalue weighted by Crippen LogP contribution is 2.13. The van der Waals surface area contributed by atoms with E-state index in [0.717, 1.165) is 0 Å². The van der Waals surface area contributed by atoms with Crippen molar-refractivity contribution in [2.75, 3.05) is 0 Å². The van der Waals surface area contributed by atoms with Gasteiger partial charge in [-0.1, -0.05) is 0 Å². The molecular formula is C8H13FN2O. The number of nitrogens with one attached hydrogen (secondary N) is 1. The number of rotatable bonds is 1. The highest BCUT2D eigenvalue weighted by molar-refractivity contribution is 5.91. The smallest absolute Gasteiger partial charge is 0.283 e. The SMILES string of the molecule is CC(C)N1C=C(F)C(=O)NC1C. The second-order valence-corrected chi connectivity index (χ2v) is 3.17. The maximum absolute atomic E-state index is 12.8. The van der Waals surface area contributed by atoms with Crippen LogP contribution in [0.2, 0.25) is 0 Å². The van der Waals surface area contributed by atoms with Crippen molar-refractivity contribution in [2.45, 2.75) is 33.0 Å². The number of carbonyl (C=O) groups is 1. The molecule has 1 heterocycles. The molecule has 4 heteroatoms. The molecule has 0 aliphatic carbocycles. The Labute approximate surface area is 71.2 Å². The zero-order chi connectivity index (χ0) is 9.30. The maximum atomic E-state index is 12.8. The van der Waals surface area contributed by atoms with Gasteiger partial charge in [-0.05, 0) is 20.8 Å². The molecule has 1 atom stereocenters. The Balaban J connectivity index is 2.83. The quantitative estimate of drug-likeness (QED) is 0.639. The molecule has 68 valence electrons. The van der Waals surface area contributed by atoms with Crippen molar-refractivity contribution >= 4 is 5.91 Å². The first-order chi connectivity index (χ1) is 5.52. The summed E-state index contributed by atoms with van der Waals surface area (Å²) in [5, 5.41) is 2.50. The minimum absolute atomic E-state index is 0.128. The third-order valence-electron chi connectivity index (χ3n) is 1.86. The van der Waals surface area contributed by atoms with Gasteiger partial charge in [0, 0.05) is 12.2 Å². The summed E-state index contributed by atoms with van der Waals surface area (Å²) in [5.41, 5.74) is 0. The Morgan fingerprint density at radius 3 is 2.75 bits per heavy atom. The summed E-state index contributed by atoms with van der Waals surface area (Å²) in [6.07, 6.45) is 1.13. The van der Waals surface area contributed by atoms with Crippen LogP contribution in [0.15, 0.2) is 12.0 Å². The average molecular weight is 172 g/mol. The Kier molecular flexibility index (Phi) is 2.35. The van der Waals surface area contributed by atoms with Crippen LogP contribution in [0.1, 0.15) is 20.8 Å². The average Bonchev–Trinajstić information content (AvgIpc) is 1.96. The van der Waals surface area contributed by atoms with Crippen molar-refractivity contribution in [1.82, 2.24) is 10.2 Å². The van der Waals surface area contributed by atoms with Crippen molar-refractivity contribution in [3.63, 3.8) is 0 Å². The second kappa shape index (κ2) is 3.13. The van der Waals surface area contributed by atoms with Gasteiger partial charge < -0.3 is 10.2 Å². The minimum atomic E-state index is -0.721. The predicted molar refractivity (Wildman–Crippen MR) is 43.8 cm³/mol. The Morgan fingerprint density at radius 1 is 1.67 bits per heavy atom. The molecule has 1 amide bonds. The molecule has 0 radical (unpaired) electrons. The summed E-state index contributed by atoms with van der Waals surface area (Å²) in [6, 6.07) is 0.186. The third-order valence-corrected chi connectivity index (χ3v) is 1.86. The molecule has 0 aromatic rings. The molecule has 1 aliphatic heterocycles. The molecule has 1 N–H and O–H groups in total. The molecule has 1 aliphatic rings. The predicted octanol–water partition coefficient (Wildman–Crippen LogP) is 0.984. The zero-order valence-corrected chi connectivity index (χ0v) is 7.47. The monoisotopic (exact) mass is 172 g/mol. The van der Waals surface area contributed by atoms with Gasteiger partial charge in [0.1, 0.15) is 0 Å². The maximum Gasteiger partial charge on any atom is 0.283 e. The number of halogens is 1. The van der Waals surface area contributed by atoms with Crippen LogP contribution in [0.5, 0.6) is 0 Å². The first kappa shape index (κ1) is 9.03. The third kappa shape index (κ3) is 1.57. The van der Waals surface area contributed by atoms with Gasteiger partial charge in [-0.2, -0.15) is 4.39 Å². The lowest BCUT2D eigenvalue weighted by atomic mass is 10.2. The largest absolute Gasteiger partial charge is 0.352 e. The molecule has 1 unspecified atom stereocenters. The van der Waals surface area contributed by atoms with Crippen LogP contribution in [0.3, 0.4) is 0 Å². The lowest BCUT2D eigenvalue weighted by Gasteiger charge is -2.34. The fraction of sp³-hybridized carbons (Fsp3) is 0.625. The van der Waals surface area contributed by atoms with E-state index in [1.54, 1.807) is 4.90 Å². The van der Waals surface area contributed by atoms with E-state index in [2.05, 4.69) is 5.32 Å². The van der Waals surface area contributed by atoms with Gasteiger partial charge in [-0.25, -0.2) is 0 Å². The van der Waals surface area contributed by atoms with Crippen molar-refractivity contribution in [1.29, 1.82) is 0 Å². The van der Waals surface area contributed by atoms with Gasteiger partial charge in [-0.15, -0.1) is 0 Å². The van der Waals surface area contributed by atoms with E-state index in [9.17, 15) is 9.18 Å². The van der Waals surface area contributed by atoms with E-state index < -0.39 is 11.7 Å². The van der Waals surface area contributed by atoms with Crippen LogP contribution in [0.4, 0.5) is 4.39 Å². The first-order valence-corrected chi connectivity index (χ1v) is 3.98. The molecule has 0 spiro atoms. The Bertz CT molecular complexity index is 225. The Hall–Kier alpha value is -1.06. The molecule has 0 saturated heterocycles. The van der Waals surface area contributed by atoms with Crippen LogP contribution in [-0.4, -0.2) is 23.0 Å². The first-order valence-electron chi connectivity index (χ1n) is 3.98. The van der Waals surface area contributed by atoms with E-state index in [4.69, 9.17) is 0 Å². The molecule has 0 bridgehead atoms. The van der Waals surface area contributed by atoms with E-state index >= 15 is 0 Å². The van der Waals surface area contributed by atoms with Crippen molar-refractivity contribution in [2.24, 2.45) is 0 Å². The summed E-state index contributed by atoms with van der Waals surface area (Å²) in [5.74, 6) is -1.35. The van der Waals surface area contributed by atoms with Crippen LogP contribution in [-0.2, 0) is 4.79 Å². The van der Waals surface area contributed by atoms with Crippen molar-refractivity contribution in [3.8, 4) is 0 Å². The lowest BCUT2D eigenvalue weighted by molar-refractivity contribution is -0.121. The highest BCUT2D eigenvalue weighted by atomic mass is 19.1. The number of hydrogen-bond donors (Lipinski definition) is 1. The fourth-order valence-corrected chi connectivity index (χ4v) is 1.23. The molecule has 0 aromatic carbocycles. The van der Waals surface area contributed by atoms with Gasteiger partial charge in [0.2, 0.25) is 5.83 Å². The molecule has 0 fully saturated rings.